The Bertz CT molecular complexity index is 395. The van der Waals surface area contributed by atoms with Crippen molar-refractivity contribution in [3.63, 3.8) is 0 Å². The standard InChI is InChI=1S/C9H9ClN2O3/c1-11(9(10)13)6-7-4-2-3-5-8(7)12(14)15/h2-5H,6H2,1H3. The Kier molecular flexibility index (Phi) is 3.62. The zero-order valence-corrected chi connectivity index (χ0v) is 8.77. The summed E-state index contributed by atoms with van der Waals surface area (Å²) in [6.45, 7) is 0.124. The molecular weight excluding hydrogens is 220 g/mol. The smallest absolute Gasteiger partial charge is 0.316 e. The van der Waals surface area contributed by atoms with Crippen LogP contribution in [0, 0.1) is 10.1 Å². The van der Waals surface area contributed by atoms with E-state index in [1.54, 1.807) is 18.2 Å². The molecule has 0 saturated carbocycles. The summed E-state index contributed by atoms with van der Waals surface area (Å²) in [7, 11) is 1.48. The van der Waals surface area contributed by atoms with E-state index in [1.807, 2.05) is 0 Å². The summed E-state index contributed by atoms with van der Waals surface area (Å²) in [6.07, 6.45) is 0. The Morgan fingerprint density at radius 3 is 2.67 bits per heavy atom. The normalized spacial score (nSPS) is 9.73. The quantitative estimate of drug-likeness (QED) is 0.345. The van der Waals surface area contributed by atoms with Crippen LogP contribution in [0.15, 0.2) is 24.3 Å². The van der Waals surface area contributed by atoms with Crippen molar-refractivity contribution in [1.82, 2.24) is 4.90 Å². The Labute approximate surface area is 91.4 Å². The second-order valence-electron chi connectivity index (χ2n) is 2.99. The third-order valence-electron chi connectivity index (χ3n) is 1.90. The number of hydrogen-bond acceptors (Lipinski definition) is 3. The molecule has 0 fully saturated rings. The van der Waals surface area contributed by atoms with Gasteiger partial charge in [-0.2, -0.15) is 0 Å². The molecule has 0 aliphatic carbocycles. The Morgan fingerprint density at radius 2 is 2.13 bits per heavy atom. The second-order valence-corrected chi connectivity index (χ2v) is 3.32. The summed E-state index contributed by atoms with van der Waals surface area (Å²) in [5.74, 6) is 0. The molecule has 0 radical (unpaired) electrons. The van der Waals surface area contributed by atoms with Gasteiger partial charge in [-0.05, 0) is 11.6 Å². The molecule has 6 heteroatoms. The number of carbonyl (C=O) groups is 1. The molecule has 1 aromatic rings. The highest BCUT2D eigenvalue weighted by Crippen LogP contribution is 2.19. The zero-order chi connectivity index (χ0) is 11.4. The monoisotopic (exact) mass is 228 g/mol. The van der Waals surface area contributed by atoms with E-state index in [9.17, 15) is 14.9 Å². The summed E-state index contributed by atoms with van der Waals surface area (Å²) in [5.41, 5.74) is 0.446. The van der Waals surface area contributed by atoms with Crippen molar-refractivity contribution >= 4 is 22.7 Å². The van der Waals surface area contributed by atoms with Gasteiger partial charge in [-0.25, -0.2) is 0 Å². The molecule has 15 heavy (non-hydrogen) atoms. The maximum atomic E-state index is 10.8. The number of nitro benzene ring substituents is 1. The molecule has 0 unspecified atom stereocenters. The molecule has 1 aromatic carbocycles. The van der Waals surface area contributed by atoms with Crippen LogP contribution in [-0.4, -0.2) is 22.2 Å². The van der Waals surface area contributed by atoms with Gasteiger partial charge < -0.3 is 4.90 Å². The van der Waals surface area contributed by atoms with Crippen molar-refractivity contribution in [1.29, 1.82) is 0 Å². The largest absolute Gasteiger partial charge is 0.328 e. The first kappa shape index (κ1) is 11.5. The van der Waals surface area contributed by atoms with Crippen molar-refractivity contribution in [3.8, 4) is 0 Å². The number of amides is 1. The molecule has 0 bridgehead atoms. The molecule has 0 aliphatic heterocycles. The van der Waals surface area contributed by atoms with Gasteiger partial charge in [-0.1, -0.05) is 18.2 Å². The molecule has 0 saturated heterocycles. The summed E-state index contributed by atoms with van der Waals surface area (Å²) in [4.78, 5) is 22.1. The third-order valence-corrected chi connectivity index (χ3v) is 2.18. The van der Waals surface area contributed by atoms with Crippen LogP contribution in [0.5, 0.6) is 0 Å². The lowest BCUT2D eigenvalue weighted by molar-refractivity contribution is -0.385. The SMILES string of the molecule is CN(Cc1ccccc1[N+](=O)[O-])C(=O)Cl. The van der Waals surface area contributed by atoms with E-state index in [0.29, 0.717) is 5.56 Å². The first-order valence-corrected chi connectivity index (χ1v) is 4.53. The highest BCUT2D eigenvalue weighted by molar-refractivity contribution is 6.62. The Morgan fingerprint density at radius 1 is 1.53 bits per heavy atom. The average molecular weight is 229 g/mol. The second kappa shape index (κ2) is 4.75. The Balaban J connectivity index is 2.94. The molecule has 1 rings (SSSR count). The summed E-state index contributed by atoms with van der Waals surface area (Å²) in [6, 6.07) is 6.23. The third kappa shape index (κ3) is 2.92. The summed E-state index contributed by atoms with van der Waals surface area (Å²) in [5, 5.41) is 10.00. The van der Waals surface area contributed by atoms with E-state index >= 15 is 0 Å². The molecule has 0 heterocycles. The minimum absolute atomic E-state index is 0.0118. The van der Waals surface area contributed by atoms with Crippen LogP contribution in [0.4, 0.5) is 10.5 Å². The van der Waals surface area contributed by atoms with Crippen molar-refractivity contribution in [3.05, 3.63) is 39.9 Å². The van der Waals surface area contributed by atoms with Gasteiger partial charge in [-0.15, -0.1) is 0 Å². The Hall–Kier alpha value is -1.62. The highest BCUT2D eigenvalue weighted by atomic mass is 35.5. The fraction of sp³-hybridized carbons (Fsp3) is 0.222. The van der Waals surface area contributed by atoms with E-state index in [-0.39, 0.29) is 12.2 Å². The first-order valence-electron chi connectivity index (χ1n) is 4.15. The van der Waals surface area contributed by atoms with Gasteiger partial charge >= 0.3 is 5.37 Å². The van der Waals surface area contributed by atoms with Crippen LogP contribution in [0.1, 0.15) is 5.56 Å². The van der Waals surface area contributed by atoms with Crippen LogP contribution in [0.3, 0.4) is 0 Å². The van der Waals surface area contributed by atoms with Crippen molar-refractivity contribution in [2.45, 2.75) is 6.54 Å². The predicted molar refractivity (Wildman–Crippen MR) is 55.8 cm³/mol. The molecular formula is C9H9ClN2O3. The number of hydrogen-bond donors (Lipinski definition) is 0. The highest BCUT2D eigenvalue weighted by Gasteiger charge is 2.15. The van der Waals surface area contributed by atoms with E-state index in [2.05, 4.69) is 0 Å². The van der Waals surface area contributed by atoms with Gasteiger partial charge in [-0.3, -0.25) is 14.9 Å². The molecule has 80 valence electrons. The van der Waals surface area contributed by atoms with Crippen LogP contribution >= 0.6 is 11.6 Å². The summed E-state index contributed by atoms with van der Waals surface area (Å²) >= 11 is 5.23. The fourth-order valence-corrected chi connectivity index (χ4v) is 1.20. The van der Waals surface area contributed by atoms with Crippen LogP contribution in [0.2, 0.25) is 0 Å². The van der Waals surface area contributed by atoms with Gasteiger partial charge in [0.25, 0.3) is 5.69 Å². The van der Waals surface area contributed by atoms with Gasteiger partial charge in [0.15, 0.2) is 0 Å². The van der Waals surface area contributed by atoms with E-state index in [0.717, 1.165) is 0 Å². The fourth-order valence-electron chi connectivity index (χ4n) is 1.14. The molecule has 0 aromatic heterocycles. The lowest BCUT2D eigenvalue weighted by Crippen LogP contribution is -2.20. The van der Waals surface area contributed by atoms with E-state index in [4.69, 9.17) is 11.6 Å². The minimum atomic E-state index is -0.645. The molecule has 0 N–H and O–H groups in total. The van der Waals surface area contributed by atoms with Gasteiger partial charge in [0.1, 0.15) is 0 Å². The molecule has 0 atom stereocenters. The number of rotatable bonds is 3. The van der Waals surface area contributed by atoms with Crippen LogP contribution < -0.4 is 0 Å². The number of halogens is 1. The minimum Gasteiger partial charge on any atom is -0.328 e. The maximum Gasteiger partial charge on any atom is 0.316 e. The zero-order valence-electron chi connectivity index (χ0n) is 8.01. The van der Waals surface area contributed by atoms with Gasteiger partial charge in [0, 0.05) is 18.7 Å². The number of carbonyl (C=O) groups excluding carboxylic acids is 1. The number of benzene rings is 1. The van der Waals surface area contributed by atoms with Crippen LogP contribution in [0.25, 0.3) is 0 Å². The lowest BCUT2D eigenvalue weighted by Gasteiger charge is -2.12. The molecule has 0 aliphatic rings. The van der Waals surface area contributed by atoms with Crippen LogP contribution in [-0.2, 0) is 6.54 Å². The summed E-state index contributed by atoms with van der Waals surface area (Å²) < 4.78 is 0. The number of nitro groups is 1. The number of para-hydroxylation sites is 1. The molecule has 5 nitrogen and oxygen atoms in total. The van der Waals surface area contributed by atoms with Crippen molar-refractivity contribution in [2.75, 3.05) is 7.05 Å². The van der Waals surface area contributed by atoms with Gasteiger partial charge in [0.05, 0.1) is 11.5 Å². The molecule has 0 spiro atoms. The first-order chi connectivity index (χ1) is 7.02. The molecule has 1 amide bonds. The lowest BCUT2D eigenvalue weighted by atomic mass is 10.2. The number of nitrogens with zero attached hydrogens (tertiary/aromatic N) is 2. The van der Waals surface area contributed by atoms with E-state index < -0.39 is 10.3 Å². The van der Waals surface area contributed by atoms with Crippen molar-refractivity contribution < 1.29 is 9.72 Å². The topological polar surface area (TPSA) is 63.4 Å². The van der Waals surface area contributed by atoms with Crippen molar-refractivity contribution in [2.24, 2.45) is 0 Å². The average Bonchev–Trinajstić information content (AvgIpc) is 2.18. The maximum absolute atomic E-state index is 10.8. The predicted octanol–water partition coefficient (Wildman–Crippen LogP) is 2.39. The van der Waals surface area contributed by atoms with Gasteiger partial charge in [0.2, 0.25) is 0 Å². The van der Waals surface area contributed by atoms with E-state index in [1.165, 1.54) is 18.0 Å².